The molecule has 2 heterocycles. The lowest BCUT2D eigenvalue weighted by molar-refractivity contribution is -0.200. The minimum atomic E-state index is -1.20. The molecule has 4 fully saturated rings. The van der Waals surface area contributed by atoms with Gasteiger partial charge in [0.1, 0.15) is 5.82 Å². The van der Waals surface area contributed by atoms with Gasteiger partial charge in [0.15, 0.2) is 17.7 Å². The smallest absolute Gasteiger partial charge is 0.197 e. The lowest BCUT2D eigenvalue weighted by Crippen LogP contribution is -2.63. The Labute approximate surface area is 223 Å². The highest BCUT2D eigenvalue weighted by atomic mass is 32.1. The van der Waals surface area contributed by atoms with Gasteiger partial charge in [-0.25, -0.2) is 4.39 Å². The molecule has 4 nitrogen and oxygen atoms in total. The Kier molecular flexibility index (Phi) is 5.69. The second-order valence-corrected chi connectivity index (χ2v) is 14.7. The molecule has 0 radical (unpaired) electrons. The number of hydrogen-bond acceptors (Lipinski definition) is 5. The van der Waals surface area contributed by atoms with Crippen molar-refractivity contribution in [2.45, 2.75) is 90.8 Å². The number of ether oxygens (including phenoxy) is 2. The molecule has 1 N–H and O–H groups in total. The van der Waals surface area contributed by atoms with Gasteiger partial charge in [-0.3, -0.25) is 4.79 Å². The highest BCUT2D eigenvalue weighted by Gasteiger charge is 2.76. The lowest BCUT2D eigenvalue weighted by Gasteiger charge is -2.60. The highest BCUT2D eigenvalue weighted by molar-refractivity contribution is 7.10. The first-order valence-electron chi connectivity index (χ1n) is 13.7. The van der Waals surface area contributed by atoms with Crippen LogP contribution in [0.3, 0.4) is 0 Å². The summed E-state index contributed by atoms with van der Waals surface area (Å²) >= 11 is 1.26. The van der Waals surface area contributed by atoms with Crippen LogP contribution >= 0.6 is 11.3 Å². The van der Waals surface area contributed by atoms with Crippen molar-refractivity contribution in [1.82, 2.24) is 0 Å². The summed E-state index contributed by atoms with van der Waals surface area (Å²) in [5.41, 5.74) is 0.0890. The van der Waals surface area contributed by atoms with Crippen molar-refractivity contribution in [2.75, 3.05) is 0 Å². The maximum Gasteiger partial charge on any atom is 0.197 e. The quantitative estimate of drug-likeness (QED) is 0.464. The van der Waals surface area contributed by atoms with E-state index in [2.05, 4.69) is 59.4 Å². The number of Topliss-reactive ketones (excluding diaryl/α,β-unsaturated/α-hetero) is 1. The van der Waals surface area contributed by atoms with Crippen molar-refractivity contribution in [3.8, 4) is 0 Å². The van der Waals surface area contributed by atoms with E-state index in [4.69, 9.17) is 9.47 Å². The Balaban J connectivity index is 1.42. The number of rotatable bonds is 3. The molecule has 1 aromatic rings. The van der Waals surface area contributed by atoms with E-state index in [1.54, 1.807) is 5.38 Å². The molecule has 37 heavy (non-hydrogen) atoms. The largest absolute Gasteiger partial charge is 0.393 e. The van der Waals surface area contributed by atoms with Crippen molar-refractivity contribution >= 4 is 17.1 Å². The molecule has 1 saturated heterocycles. The van der Waals surface area contributed by atoms with Crippen LogP contribution < -0.4 is 0 Å². The van der Waals surface area contributed by atoms with E-state index in [9.17, 15) is 14.3 Å². The van der Waals surface area contributed by atoms with Crippen LogP contribution in [-0.2, 0) is 14.3 Å². The van der Waals surface area contributed by atoms with Crippen molar-refractivity contribution in [3.63, 3.8) is 0 Å². The summed E-state index contributed by atoms with van der Waals surface area (Å²) in [7, 11) is 0. The molecule has 4 aliphatic carbocycles. The second-order valence-electron chi connectivity index (χ2n) is 13.7. The van der Waals surface area contributed by atoms with E-state index in [1.165, 1.54) is 23.0 Å². The lowest BCUT2D eigenvalue weighted by atomic mass is 9.46. The fourth-order valence-corrected chi connectivity index (χ4v) is 9.58. The van der Waals surface area contributed by atoms with Crippen LogP contribution in [0.4, 0.5) is 4.39 Å². The highest BCUT2D eigenvalue weighted by Crippen LogP contribution is 2.71. The number of hydrogen-bond donors (Lipinski definition) is 1. The average molecular weight is 527 g/mol. The molecule has 1 aromatic heterocycles. The Morgan fingerprint density at radius 2 is 2.08 bits per heavy atom. The Morgan fingerprint density at radius 3 is 2.76 bits per heavy atom. The van der Waals surface area contributed by atoms with Gasteiger partial charge in [-0.1, -0.05) is 65.0 Å². The molecule has 1 aliphatic heterocycles. The third-order valence-corrected chi connectivity index (χ3v) is 11.2. The molecule has 3 saturated carbocycles. The summed E-state index contributed by atoms with van der Waals surface area (Å²) in [5.74, 6) is 0.136. The van der Waals surface area contributed by atoms with Crippen LogP contribution in [0.5, 0.6) is 0 Å². The van der Waals surface area contributed by atoms with Gasteiger partial charge in [-0.05, 0) is 60.0 Å². The number of allylic oxidation sites excluding steroid dienone is 5. The Hall–Kier alpha value is -1.60. The molecule has 6 rings (SSSR count). The monoisotopic (exact) mass is 526 g/mol. The van der Waals surface area contributed by atoms with E-state index in [0.717, 1.165) is 18.4 Å². The van der Waals surface area contributed by atoms with Gasteiger partial charge < -0.3 is 14.6 Å². The minimum absolute atomic E-state index is 0.0246. The van der Waals surface area contributed by atoms with E-state index >= 15 is 0 Å². The number of halogens is 1. The predicted molar refractivity (Wildman–Crippen MR) is 142 cm³/mol. The van der Waals surface area contributed by atoms with Gasteiger partial charge in [0.2, 0.25) is 0 Å². The van der Waals surface area contributed by atoms with Gasteiger partial charge in [-0.2, -0.15) is 0 Å². The van der Waals surface area contributed by atoms with Gasteiger partial charge in [0.05, 0.1) is 17.1 Å². The van der Waals surface area contributed by atoms with Crippen molar-refractivity contribution < 1.29 is 23.8 Å². The van der Waals surface area contributed by atoms with Gasteiger partial charge >= 0.3 is 0 Å². The topological polar surface area (TPSA) is 55.8 Å². The van der Waals surface area contributed by atoms with Crippen LogP contribution in [-0.4, -0.2) is 28.7 Å². The van der Waals surface area contributed by atoms with Crippen LogP contribution in [0, 0.1) is 39.8 Å². The summed E-state index contributed by atoms with van der Waals surface area (Å²) in [4.78, 5) is 14.7. The first-order chi connectivity index (χ1) is 17.3. The van der Waals surface area contributed by atoms with E-state index in [0.29, 0.717) is 24.1 Å². The summed E-state index contributed by atoms with van der Waals surface area (Å²) < 4.78 is 27.8. The third-order valence-electron chi connectivity index (χ3n) is 10.3. The standard InChI is InChI=1S/C31H39FO4S/c1-17-9-11-29(5)18(13-17)7-8-19-20-14-24-31(23(34)16-28(2,3)4,30(20,6)15-22(33)25(19)29)36-27(35-24)26-21(32)10-12-37-26/h9-13,19-20,22,24-25,27,33H,1,7-8,14-16H2,2-6H3/t19-,20-,22-,24+,25+,27+,29-,30-,31+/m0/s1. The fraction of sp³-hybridized carbons (Fsp3) is 0.645. The second kappa shape index (κ2) is 8.20. The number of aliphatic hydroxyl groups excluding tert-OH is 1. The third kappa shape index (κ3) is 3.51. The maximum atomic E-state index is 14.6. The molecular weight excluding hydrogens is 487 g/mol. The molecule has 0 amide bonds. The van der Waals surface area contributed by atoms with E-state index in [1.807, 2.05) is 0 Å². The first-order valence-corrected chi connectivity index (χ1v) is 14.5. The molecule has 5 aliphatic rings. The van der Waals surface area contributed by atoms with E-state index in [-0.39, 0.29) is 40.2 Å². The Morgan fingerprint density at radius 1 is 1.32 bits per heavy atom. The summed E-state index contributed by atoms with van der Waals surface area (Å²) in [5, 5.41) is 13.6. The summed E-state index contributed by atoms with van der Waals surface area (Å²) in [6.45, 7) is 14.7. The molecule has 0 bridgehead atoms. The number of ketones is 1. The van der Waals surface area contributed by atoms with Crippen molar-refractivity contribution in [3.05, 3.63) is 58.1 Å². The van der Waals surface area contributed by atoms with Crippen LogP contribution in [0.25, 0.3) is 0 Å². The average Bonchev–Trinajstić information content (AvgIpc) is 3.44. The number of aliphatic hydroxyl groups is 1. The molecule has 0 aromatic carbocycles. The zero-order chi connectivity index (χ0) is 26.5. The zero-order valence-electron chi connectivity index (χ0n) is 22.6. The van der Waals surface area contributed by atoms with Gasteiger partial charge in [0, 0.05) is 23.2 Å². The first kappa shape index (κ1) is 25.7. The summed E-state index contributed by atoms with van der Waals surface area (Å²) in [6.07, 6.45) is 7.99. The van der Waals surface area contributed by atoms with Crippen molar-refractivity contribution in [1.29, 1.82) is 0 Å². The normalized spacial score (nSPS) is 44.6. The molecule has 0 spiro atoms. The van der Waals surface area contributed by atoms with Crippen LogP contribution in [0.15, 0.2) is 47.4 Å². The van der Waals surface area contributed by atoms with Crippen LogP contribution in [0.2, 0.25) is 0 Å². The zero-order valence-corrected chi connectivity index (χ0v) is 23.4. The number of thiophene rings is 1. The summed E-state index contributed by atoms with van der Waals surface area (Å²) in [6, 6.07) is 1.42. The molecular formula is C31H39FO4S. The SMILES string of the molecule is C=C1C=C[C@@]2(C)C(=C1)CC[C@@H]1[C@@H]2[C@@H](O)C[C@@]2(C)[C@H]1C[C@H]1O[C@@H](c3sccc3F)O[C@]12C(=O)CC(C)(C)C. The minimum Gasteiger partial charge on any atom is -0.393 e. The predicted octanol–water partition coefficient (Wildman–Crippen LogP) is 6.92. The Bertz CT molecular complexity index is 1210. The fourth-order valence-electron chi connectivity index (χ4n) is 8.85. The van der Waals surface area contributed by atoms with Gasteiger partial charge in [-0.15, -0.1) is 11.3 Å². The van der Waals surface area contributed by atoms with Crippen molar-refractivity contribution in [2.24, 2.45) is 34.0 Å². The number of carbonyl (C=O) groups excluding carboxylic acids is 1. The van der Waals surface area contributed by atoms with Gasteiger partial charge in [0.25, 0.3) is 0 Å². The number of carbonyl (C=O) groups is 1. The maximum absolute atomic E-state index is 14.6. The van der Waals surface area contributed by atoms with Crippen LogP contribution in [0.1, 0.15) is 77.9 Å². The molecule has 6 heteroatoms. The number of fused-ring (bicyclic) bond motifs is 7. The molecule has 0 unspecified atom stereocenters. The van der Waals surface area contributed by atoms with E-state index < -0.39 is 29.5 Å². The molecule has 9 atom stereocenters. The molecule has 200 valence electrons.